The summed E-state index contributed by atoms with van der Waals surface area (Å²) >= 11 is 0. The van der Waals surface area contributed by atoms with Gasteiger partial charge < -0.3 is 18.5 Å². The molecule has 0 amide bonds. The lowest BCUT2D eigenvalue weighted by Crippen LogP contribution is -2.22. The fourth-order valence-electron chi connectivity index (χ4n) is 1.85. The first-order valence-electron chi connectivity index (χ1n) is 8.92. The summed E-state index contributed by atoms with van der Waals surface area (Å²) in [7, 11) is -4.69. The van der Waals surface area contributed by atoms with Crippen molar-refractivity contribution in [2.45, 2.75) is 59.0 Å². The Labute approximate surface area is 158 Å². The van der Waals surface area contributed by atoms with Crippen LogP contribution in [0.5, 0.6) is 0 Å². The Morgan fingerprint density at radius 2 is 1.69 bits per heavy atom. The molecule has 0 aromatic rings. The number of esters is 2. The van der Waals surface area contributed by atoms with Gasteiger partial charge in [-0.1, -0.05) is 25.7 Å². The van der Waals surface area contributed by atoms with Crippen LogP contribution in [0.1, 0.15) is 27.2 Å². The molecule has 0 bridgehead atoms. The maximum atomic E-state index is 12.3. The fourth-order valence-corrected chi connectivity index (χ4v) is 4.00. The van der Waals surface area contributed by atoms with Gasteiger partial charge in [-0.05, 0) is 26.8 Å². The second-order valence-electron chi connectivity index (χ2n) is 7.02. The van der Waals surface area contributed by atoms with Gasteiger partial charge in [0, 0.05) is 20.6 Å². The number of hydrogen-bond acceptors (Lipinski definition) is 7. The predicted octanol–water partition coefficient (Wildman–Crippen LogP) is 4.01. The van der Waals surface area contributed by atoms with Crippen LogP contribution < -0.4 is 0 Å². The minimum atomic E-state index is -3.46. The molecule has 0 saturated heterocycles. The van der Waals surface area contributed by atoms with E-state index < -0.39 is 39.9 Å². The normalized spacial score (nSPS) is 13.6. The summed E-state index contributed by atoms with van der Waals surface area (Å²) in [5.74, 6) is -1.06. The first-order chi connectivity index (χ1) is 12.0. The van der Waals surface area contributed by atoms with Gasteiger partial charge in [0.15, 0.2) is 0 Å². The summed E-state index contributed by atoms with van der Waals surface area (Å²) in [5, 5.41) is 0. The third-order valence-electron chi connectivity index (χ3n) is 3.13. The standard InChI is InChI=1S/C17H33O7PSi/c1-7-22-25(20,23-8-2)14-17(19)24-15(3)10-9-11-16(18)21-12-13-26(4,5)6/h9,11,15H,7-8,10,12-14H2,1-6H3/b11-9+/t15-/m1/s1. The van der Waals surface area contributed by atoms with E-state index in [4.69, 9.17) is 18.5 Å². The van der Waals surface area contributed by atoms with Crippen molar-refractivity contribution in [3.8, 4) is 0 Å². The number of carbonyl (C=O) groups excluding carboxylic acids is 2. The van der Waals surface area contributed by atoms with Crippen LogP contribution in [0.3, 0.4) is 0 Å². The highest BCUT2D eigenvalue weighted by molar-refractivity contribution is 7.54. The zero-order chi connectivity index (χ0) is 20.2. The number of carbonyl (C=O) groups is 2. The molecule has 0 N–H and O–H groups in total. The van der Waals surface area contributed by atoms with Crippen molar-refractivity contribution in [2.75, 3.05) is 26.0 Å². The Hall–Kier alpha value is -0.953. The summed E-state index contributed by atoms with van der Waals surface area (Å²) < 4.78 is 32.7. The van der Waals surface area contributed by atoms with Crippen LogP contribution in [-0.4, -0.2) is 52.1 Å². The molecule has 0 heterocycles. The average Bonchev–Trinajstić information content (AvgIpc) is 2.45. The van der Waals surface area contributed by atoms with Gasteiger partial charge in [0.25, 0.3) is 0 Å². The van der Waals surface area contributed by atoms with E-state index in [0.717, 1.165) is 6.04 Å². The molecule has 9 heteroatoms. The van der Waals surface area contributed by atoms with Gasteiger partial charge in [-0.2, -0.15) is 0 Å². The van der Waals surface area contributed by atoms with Crippen LogP contribution >= 0.6 is 7.60 Å². The highest BCUT2D eigenvalue weighted by atomic mass is 31.2. The zero-order valence-electron chi connectivity index (χ0n) is 16.8. The van der Waals surface area contributed by atoms with Crippen LogP contribution in [0.2, 0.25) is 25.7 Å². The molecule has 0 radical (unpaired) electrons. The van der Waals surface area contributed by atoms with Gasteiger partial charge in [-0.25, -0.2) is 4.79 Å². The Balaban J connectivity index is 4.23. The molecule has 0 fully saturated rings. The van der Waals surface area contributed by atoms with Crippen LogP contribution in [0.15, 0.2) is 12.2 Å². The van der Waals surface area contributed by atoms with E-state index >= 15 is 0 Å². The second kappa shape index (κ2) is 12.4. The lowest BCUT2D eigenvalue weighted by Gasteiger charge is -2.17. The Bertz CT molecular complexity index is 504. The van der Waals surface area contributed by atoms with E-state index in [9.17, 15) is 14.2 Å². The molecule has 1 atom stereocenters. The largest absolute Gasteiger partial charge is 0.463 e. The van der Waals surface area contributed by atoms with E-state index in [2.05, 4.69) is 19.6 Å². The molecule has 0 rings (SSSR count). The summed E-state index contributed by atoms with van der Waals surface area (Å²) in [5.41, 5.74) is 0. The topological polar surface area (TPSA) is 88.1 Å². The van der Waals surface area contributed by atoms with E-state index in [-0.39, 0.29) is 13.2 Å². The van der Waals surface area contributed by atoms with Gasteiger partial charge in [0.05, 0.1) is 19.8 Å². The first kappa shape index (κ1) is 25.0. The van der Waals surface area contributed by atoms with E-state index in [1.165, 1.54) is 6.08 Å². The molecule has 26 heavy (non-hydrogen) atoms. The van der Waals surface area contributed by atoms with Crippen molar-refractivity contribution < 1.29 is 32.7 Å². The van der Waals surface area contributed by atoms with E-state index in [1.807, 2.05) is 0 Å². The van der Waals surface area contributed by atoms with Crippen LogP contribution in [0, 0.1) is 0 Å². The molecule has 7 nitrogen and oxygen atoms in total. The van der Waals surface area contributed by atoms with Gasteiger partial charge in [-0.3, -0.25) is 9.36 Å². The molecule has 0 spiro atoms. The number of ether oxygens (including phenoxy) is 2. The monoisotopic (exact) mass is 408 g/mol. The quantitative estimate of drug-likeness (QED) is 0.197. The second-order valence-corrected chi connectivity index (χ2v) is 14.7. The van der Waals surface area contributed by atoms with Crippen molar-refractivity contribution in [2.24, 2.45) is 0 Å². The minimum absolute atomic E-state index is 0.183. The first-order valence-corrected chi connectivity index (χ1v) is 14.4. The average molecular weight is 409 g/mol. The van der Waals surface area contributed by atoms with Crippen molar-refractivity contribution >= 4 is 27.6 Å². The Morgan fingerprint density at radius 1 is 1.12 bits per heavy atom. The molecule has 0 aromatic carbocycles. The van der Waals surface area contributed by atoms with Gasteiger partial charge in [-0.15, -0.1) is 0 Å². The molecular weight excluding hydrogens is 375 g/mol. The molecule has 0 unspecified atom stereocenters. The molecular formula is C17H33O7PSi. The lowest BCUT2D eigenvalue weighted by molar-refractivity contribution is -0.145. The zero-order valence-corrected chi connectivity index (χ0v) is 18.7. The van der Waals surface area contributed by atoms with E-state index in [1.54, 1.807) is 26.8 Å². The molecule has 0 aliphatic rings. The molecule has 0 aromatic heterocycles. The van der Waals surface area contributed by atoms with Crippen molar-refractivity contribution in [3.63, 3.8) is 0 Å². The summed E-state index contributed by atoms with van der Waals surface area (Å²) in [6, 6.07) is 0.917. The fraction of sp³-hybridized carbons (Fsp3) is 0.765. The molecule has 0 saturated carbocycles. The highest BCUT2D eigenvalue weighted by Crippen LogP contribution is 2.47. The minimum Gasteiger partial charge on any atom is -0.463 e. The number of rotatable bonds is 13. The van der Waals surface area contributed by atoms with Crippen molar-refractivity contribution in [1.29, 1.82) is 0 Å². The Kier molecular flexibility index (Phi) is 12.0. The summed E-state index contributed by atoms with van der Waals surface area (Å²) in [6.45, 7) is 12.5. The number of hydrogen-bond donors (Lipinski definition) is 0. The molecule has 0 aliphatic carbocycles. The van der Waals surface area contributed by atoms with E-state index in [0.29, 0.717) is 13.0 Å². The molecule has 0 aliphatic heterocycles. The van der Waals surface area contributed by atoms with Crippen molar-refractivity contribution in [1.82, 2.24) is 0 Å². The summed E-state index contributed by atoms with van der Waals surface area (Å²) in [6.07, 6.45) is 2.38. The smallest absolute Gasteiger partial charge is 0.341 e. The summed E-state index contributed by atoms with van der Waals surface area (Å²) in [4.78, 5) is 23.5. The predicted molar refractivity (Wildman–Crippen MR) is 104 cm³/mol. The maximum absolute atomic E-state index is 12.3. The third kappa shape index (κ3) is 13.3. The van der Waals surface area contributed by atoms with Gasteiger partial charge >= 0.3 is 19.5 Å². The van der Waals surface area contributed by atoms with Crippen molar-refractivity contribution in [3.05, 3.63) is 12.2 Å². The Morgan fingerprint density at radius 3 is 2.19 bits per heavy atom. The van der Waals surface area contributed by atoms with Crippen LogP contribution in [0.25, 0.3) is 0 Å². The van der Waals surface area contributed by atoms with Gasteiger partial charge in [0.2, 0.25) is 0 Å². The maximum Gasteiger partial charge on any atom is 0.341 e. The third-order valence-corrected chi connectivity index (χ3v) is 6.78. The van der Waals surface area contributed by atoms with Gasteiger partial charge in [0.1, 0.15) is 12.3 Å². The van der Waals surface area contributed by atoms with Crippen LogP contribution in [0.4, 0.5) is 0 Å². The lowest BCUT2D eigenvalue weighted by atomic mass is 10.2. The van der Waals surface area contributed by atoms with Crippen LogP contribution in [-0.2, 0) is 32.7 Å². The highest BCUT2D eigenvalue weighted by Gasteiger charge is 2.29. The SMILES string of the molecule is CCOP(=O)(CC(=O)O[C@H](C)C/C=C/C(=O)OCC[Si](C)(C)C)OCC. The molecule has 152 valence electrons.